The molecule has 0 aliphatic carbocycles. The molecule has 0 bridgehead atoms. The maximum absolute atomic E-state index is 12.7. The molecule has 4 rings (SSSR count). The Morgan fingerprint density at radius 1 is 1.10 bits per heavy atom. The summed E-state index contributed by atoms with van der Waals surface area (Å²) in [4.78, 5) is 25.3. The summed E-state index contributed by atoms with van der Waals surface area (Å²) in [5.74, 6) is 0.883. The topological polar surface area (TPSA) is 97.0 Å². The fourth-order valence-corrected chi connectivity index (χ4v) is 3.41. The van der Waals surface area contributed by atoms with E-state index in [-0.39, 0.29) is 17.7 Å². The zero-order valence-electron chi connectivity index (χ0n) is 17.0. The van der Waals surface area contributed by atoms with Crippen molar-refractivity contribution in [2.24, 2.45) is 7.05 Å². The quantitative estimate of drug-likeness (QED) is 0.467. The second kappa shape index (κ2) is 7.51. The van der Waals surface area contributed by atoms with Gasteiger partial charge in [0, 0.05) is 7.05 Å². The number of aryl methyl sites for hydroxylation is 2. The number of ether oxygens (including phenoxy) is 3. The van der Waals surface area contributed by atoms with Gasteiger partial charge in [-0.25, -0.2) is 4.79 Å². The van der Waals surface area contributed by atoms with Crippen molar-refractivity contribution in [3.63, 3.8) is 0 Å². The predicted octanol–water partition coefficient (Wildman–Crippen LogP) is 2.26. The molecular formula is C21H20N4O5. The van der Waals surface area contributed by atoms with Crippen molar-refractivity contribution < 1.29 is 19.0 Å². The Balaban J connectivity index is 1.73. The first-order valence-electron chi connectivity index (χ1n) is 9.17. The first-order valence-corrected chi connectivity index (χ1v) is 9.17. The standard InChI is InChI=1S/C21H20N4O5/c1-12-8-9-15-14(10-12)19(26)24(2)21-23-22-17(25(15)21)11-30-20(27)13-6-5-7-16(28-3)18(13)29-4/h5-10H,11H2,1-4H3. The molecule has 4 aromatic rings. The first kappa shape index (κ1) is 19.4. The molecule has 2 heterocycles. The van der Waals surface area contributed by atoms with E-state index in [1.807, 2.05) is 25.1 Å². The van der Waals surface area contributed by atoms with E-state index in [9.17, 15) is 9.59 Å². The minimum Gasteiger partial charge on any atom is -0.493 e. The number of hydrogen-bond donors (Lipinski definition) is 0. The Labute approximate surface area is 171 Å². The summed E-state index contributed by atoms with van der Waals surface area (Å²) in [6.45, 7) is 1.78. The van der Waals surface area contributed by atoms with Crippen molar-refractivity contribution in [3.05, 3.63) is 63.7 Å². The largest absolute Gasteiger partial charge is 0.493 e. The minimum atomic E-state index is -0.590. The fraction of sp³-hybridized carbons (Fsp3) is 0.238. The second-order valence-electron chi connectivity index (χ2n) is 6.75. The van der Waals surface area contributed by atoms with Crippen molar-refractivity contribution >= 4 is 22.6 Å². The molecule has 0 saturated heterocycles. The molecular weight excluding hydrogens is 388 g/mol. The van der Waals surface area contributed by atoms with Gasteiger partial charge in [-0.1, -0.05) is 17.7 Å². The lowest BCUT2D eigenvalue weighted by Crippen LogP contribution is -2.20. The average molecular weight is 408 g/mol. The molecule has 2 aromatic carbocycles. The summed E-state index contributed by atoms with van der Waals surface area (Å²) >= 11 is 0. The zero-order valence-corrected chi connectivity index (χ0v) is 17.0. The van der Waals surface area contributed by atoms with Gasteiger partial charge >= 0.3 is 5.97 Å². The number of hydrogen-bond acceptors (Lipinski definition) is 7. The third-order valence-electron chi connectivity index (χ3n) is 4.90. The maximum atomic E-state index is 12.7. The van der Waals surface area contributed by atoms with Crippen LogP contribution in [0.4, 0.5) is 0 Å². The van der Waals surface area contributed by atoms with Gasteiger partial charge < -0.3 is 14.2 Å². The lowest BCUT2D eigenvalue weighted by atomic mass is 10.1. The summed E-state index contributed by atoms with van der Waals surface area (Å²) in [5.41, 5.74) is 1.68. The highest BCUT2D eigenvalue weighted by molar-refractivity contribution is 5.93. The number of methoxy groups -OCH3 is 2. The Morgan fingerprint density at radius 3 is 2.63 bits per heavy atom. The van der Waals surface area contributed by atoms with Gasteiger partial charge in [-0.2, -0.15) is 0 Å². The highest BCUT2D eigenvalue weighted by Crippen LogP contribution is 2.31. The van der Waals surface area contributed by atoms with E-state index in [0.717, 1.165) is 5.56 Å². The molecule has 0 atom stereocenters. The number of carbonyl (C=O) groups is 1. The minimum absolute atomic E-state index is 0.137. The molecule has 0 saturated carbocycles. The molecule has 9 heteroatoms. The van der Waals surface area contributed by atoms with Crippen molar-refractivity contribution in [1.82, 2.24) is 19.2 Å². The normalized spacial score (nSPS) is 11.1. The van der Waals surface area contributed by atoms with Crippen molar-refractivity contribution in [2.45, 2.75) is 13.5 Å². The SMILES string of the molecule is COc1cccc(C(=O)OCc2nnc3n(C)c(=O)c4cc(C)ccc4n23)c1OC. The van der Waals surface area contributed by atoms with Crippen LogP contribution < -0.4 is 15.0 Å². The van der Waals surface area contributed by atoms with Crippen LogP contribution in [-0.2, 0) is 18.4 Å². The van der Waals surface area contributed by atoms with E-state index in [4.69, 9.17) is 14.2 Å². The number of esters is 1. The van der Waals surface area contributed by atoms with Gasteiger partial charge in [-0.15, -0.1) is 10.2 Å². The number of fused-ring (bicyclic) bond motifs is 3. The van der Waals surface area contributed by atoms with Gasteiger partial charge in [0.25, 0.3) is 5.56 Å². The van der Waals surface area contributed by atoms with Gasteiger partial charge in [0.05, 0.1) is 25.1 Å². The molecule has 9 nitrogen and oxygen atoms in total. The number of aromatic nitrogens is 4. The lowest BCUT2D eigenvalue weighted by molar-refractivity contribution is 0.0457. The zero-order chi connectivity index (χ0) is 21.4. The van der Waals surface area contributed by atoms with Crippen molar-refractivity contribution in [2.75, 3.05) is 14.2 Å². The van der Waals surface area contributed by atoms with Crippen molar-refractivity contribution in [3.8, 4) is 11.5 Å². The molecule has 154 valence electrons. The Morgan fingerprint density at radius 2 is 1.90 bits per heavy atom. The van der Waals surface area contributed by atoms with Crippen LogP contribution in [0.5, 0.6) is 11.5 Å². The molecule has 0 spiro atoms. The number of benzene rings is 2. The van der Waals surface area contributed by atoms with Crippen LogP contribution in [-0.4, -0.2) is 39.4 Å². The molecule has 0 radical (unpaired) electrons. The maximum Gasteiger partial charge on any atom is 0.342 e. The number of rotatable bonds is 5. The van der Waals surface area contributed by atoms with Crippen LogP contribution in [0.1, 0.15) is 21.7 Å². The fourth-order valence-electron chi connectivity index (χ4n) is 3.41. The van der Waals surface area contributed by atoms with Gasteiger partial charge in [0.15, 0.2) is 23.9 Å². The van der Waals surface area contributed by atoms with E-state index in [1.54, 1.807) is 29.6 Å². The molecule has 0 fully saturated rings. The van der Waals surface area contributed by atoms with Crippen LogP contribution in [0.15, 0.2) is 41.2 Å². The molecule has 30 heavy (non-hydrogen) atoms. The van der Waals surface area contributed by atoms with Crippen LogP contribution >= 0.6 is 0 Å². The number of carbonyl (C=O) groups excluding carboxylic acids is 1. The highest BCUT2D eigenvalue weighted by atomic mass is 16.5. The molecule has 0 unspecified atom stereocenters. The van der Waals surface area contributed by atoms with Gasteiger partial charge in [0.1, 0.15) is 5.56 Å². The van der Waals surface area contributed by atoms with Crippen molar-refractivity contribution in [1.29, 1.82) is 0 Å². The Bertz CT molecular complexity index is 1340. The van der Waals surface area contributed by atoms with Gasteiger partial charge in [0.2, 0.25) is 5.78 Å². The van der Waals surface area contributed by atoms with Gasteiger partial charge in [-0.05, 0) is 31.2 Å². The van der Waals surface area contributed by atoms with E-state index in [2.05, 4.69) is 10.2 Å². The highest BCUT2D eigenvalue weighted by Gasteiger charge is 2.20. The molecule has 2 aromatic heterocycles. The third-order valence-corrected chi connectivity index (χ3v) is 4.90. The van der Waals surface area contributed by atoms with Gasteiger partial charge in [-0.3, -0.25) is 13.8 Å². The lowest BCUT2D eigenvalue weighted by Gasteiger charge is -2.12. The molecule has 0 amide bonds. The van der Waals surface area contributed by atoms with Crippen LogP contribution in [0, 0.1) is 6.92 Å². The second-order valence-corrected chi connectivity index (χ2v) is 6.75. The monoisotopic (exact) mass is 408 g/mol. The summed E-state index contributed by atoms with van der Waals surface area (Å²) in [5, 5.41) is 8.77. The molecule has 0 aliphatic rings. The van der Waals surface area contributed by atoms with Crippen LogP contribution in [0.3, 0.4) is 0 Å². The predicted molar refractivity (Wildman–Crippen MR) is 109 cm³/mol. The third kappa shape index (κ3) is 3.04. The van der Waals surface area contributed by atoms with E-state index >= 15 is 0 Å². The summed E-state index contributed by atoms with van der Waals surface area (Å²) in [7, 11) is 4.58. The van der Waals surface area contributed by atoms with E-state index in [0.29, 0.717) is 34.0 Å². The summed E-state index contributed by atoms with van der Waals surface area (Å²) in [6.07, 6.45) is 0. The average Bonchev–Trinajstić information content (AvgIpc) is 3.19. The summed E-state index contributed by atoms with van der Waals surface area (Å²) < 4.78 is 19.1. The Hall–Kier alpha value is -3.88. The van der Waals surface area contributed by atoms with Crippen LogP contribution in [0.25, 0.3) is 16.7 Å². The number of nitrogens with zero attached hydrogens (tertiary/aromatic N) is 4. The Kier molecular flexibility index (Phi) is 4.86. The van der Waals surface area contributed by atoms with E-state index in [1.165, 1.54) is 18.8 Å². The first-order chi connectivity index (χ1) is 14.5. The molecule has 0 aliphatic heterocycles. The smallest absolute Gasteiger partial charge is 0.342 e. The number of para-hydroxylation sites is 1. The molecule has 0 N–H and O–H groups in total. The van der Waals surface area contributed by atoms with Crippen LogP contribution in [0.2, 0.25) is 0 Å². The summed E-state index contributed by atoms with van der Waals surface area (Å²) in [6, 6.07) is 10.5. The van der Waals surface area contributed by atoms with E-state index < -0.39 is 5.97 Å².